The molecule has 1 atom stereocenters. The molecule has 0 saturated carbocycles. The van der Waals surface area contributed by atoms with Gasteiger partial charge in [-0.05, 0) is 76.4 Å². The van der Waals surface area contributed by atoms with Gasteiger partial charge in [-0.15, -0.1) is 11.3 Å². The summed E-state index contributed by atoms with van der Waals surface area (Å²) in [6, 6.07) is 19.0. The zero-order valence-electron chi connectivity index (χ0n) is 24.8. The Kier molecular flexibility index (Phi) is 10.2. The van der Waals surface area contributed by atoms with Gasteiger partial charge in [-0.2, -0.15) is 8.42 Å². The lowest BCUT2D eigenvalue weighted by atomic mass is 10.2. The van der Waals surface area contributed by atoms with E-state index in [1.165, 1.54) is 29.8 Å². The molecule has 14 heteroatoms. The molecule has 0 fully saturated rings. The fourth-order valence-corrected chi connectivity index (χ4v) is 6.51. The Labute approximate surface area is 283 Å². The molecule has 0 amide bonds. The third kappa shape index (κ3) is 8.03. The lowest BCUT2D eigenvalue weighted by molar-refractivity contribution is 0.188. The Morgan fingerprint density at radius 3 is 2.68 bits per heavy atom. The SMILES string of the molecule is CCC(OC(Cc1ccccn1)=S(=O)=O)c1nc(-c2cc3c(Nc4ccc(OCc5cccc(F)c5)c(Br)c4)ncnc3cn2)cs1. The monoisotopic (exact) mass is 732 g/mol. The van der Waals surface area contributed by atoms with Crippen LogP contribution in [0.2, 0.25) is 0 Å². The second-order valence-electron chi connectivity index (χ2n) is 10.2. The van der Waals surface area contributed by atoms with E-state index >= 15 is 0 Å². The summed E-state index contributed by atoms with van der Waals surface area (Å²) < 4.78 is 50.0. The molecule has 2 aromatic carbocycles. The molecule has 0 aliphatic rings. The molecular weight excluding hydrogens is 707 g/mol. The van der Waals surface area contributed by atoms with E-state index in [-0.39, 0.29) is 23.9 Å². The van der Waals surface area contributed by atoms with Crippen LogP contribution in [0.4, 0.5) is 15.9 Å². The first-order chi connectivity index (χ1) is 22.9. The highest BCUT2D eigenvalue weighted by Gasteiger charge is 2.20. The molecule has 10 nitrogen and oxygen atoms in total. The van der Waals surface area contributed by atoms with Crippen LogP contribution in [0.15, 0.2) is 95.3 Å². The van der Waals surface area contributed by atoms with Gasteiger partial charge in [0, 0.05) is 28.3 Å². The number of hydrogen-bond donors (Lipinski definition) is 1. The van der Waals surface area contributed by atoms with Crippen molar-refractivity contribution in [3.8, 4) is 17.1 Å². The zero-order chi connectivity index (χ0) is 32.8. The van der Waals surface area contributed by atoms with Crippen molar-refractivity contribution in [2.45, 2.75) is 32.5 Å². The number of fused-ring (bicyclic) bond motifs is 1. The summed E-state index contributed by atoms with van der Waals surface area (Å²) in [6.07, 6.45) is 4.72. The first kappa shape index (κ1) is 32.3. The summed E-state index contributed by atoms with van der Waals surface area (Å²) >= 11 is 4.93. The van der Waals surface area contributed by atoms with Crippen LogP contribution in [-0.2, 0) is 28.1 Å². The second kappa shape index (κ2) is 14.9. The molecule has 0 saturated heterocycles. The smallest absolute Gasteiger partial charge is 0.241 e. The van der Waals surface area contributed by atoms with Crippen molar-refractivity contribution in [3.63, 3.8) is 0 Å². The summed E-state index contributed by atoms with van der Waals surface area (Å²) in [4.78, 5) is 22.4. The van der Waals surface area contributed by atoms with Crippen molar-refractivity contribution in [3.05, 3.63) is 117 Å². The minimum atomic E-state index is -2.55. The molecule has 238 valence electrons. The predicted octanol–water partition coefficient (Wildman–Crippen LogP) is 7.49. The highest BCUT2D eigenvalue weighted by molar-refractivity contribution is 9.10. The Hall–Kier alpha value is -4.63. The van der Waals surface area contributed by atoms with Gasteiger partial charge in [-0.1, -0.05) is 25.1 Å². The van der Waals surface area contributed by atoms with Crippen LogP contribution < -0.4 is 10.1 Å². The minimum absolute atomic E-state index is 0.0505. The van der Waals surface area contributed by atoms with Gasteiger partial charge in [0.1, 0.15) is 41.4 Å². The normalized spacial score (nSPS) is 11.7. The molecule has 4 heterocycles. The van der Waals surface area contributed by atoms with E-state index in [1.54, 1.807) is 42.7 Å². The molecule has 0 spiro atoms. The lowest BCUT2D eigenvalue weighted by Gasteiger charge is -2.13. The van der Waals surface area contributed by atoms with Crippen LogP contribution in [0.25, 0.3) is 22.3 Å². The summed E-state index contributed by atoms with van der Waals surface area (Å²) in [5.74, 6) is 0.861. The van der Waals surface area contributed by atoms with E-state index in [9.17, 15) is 12.8 Å². The number of rotatable bonds is 11. The van der Waals surface area contributed by atoms with Crippen molar-refractivity contribution in [2.75, 3.05) is 5.32 Å². The Balaban J connectivity index is 1.19. The topological polar surface area (TPSA) is 129 Å². The van der Waals surface area contributed by atoms with Gasteiger partial charge in [0.2, 0.25) is 10.3 Å². The molecule has 0 aliphatic heterocycles. The number of benzene rings is 2. The van der Waals surface area contributed by atoms with E-state index in [2.05, 4.69) is 41.2 Å². The number of thiazole rings is 1. The van der Waals surface area contributed by atoms with Crippen LogP contribution in [0.3, 0.4) is 0 Å². The Bertz CT molecular complexity index is 2180. The van der Waals surface area contributed by atoms with Crippen LogP contribution in [-0.4, -0.2) is 38.4 Å². The number of pyridine rings is 2. The summed E-state index contributed by atoms with van der Waals surface area (Å²) in [6.45, 7) is 2.13. The molecule has 0 radical (unpaired) electrons. The maximum Gasteiger partial charge on any atom is 0.241 e. The van der Waals surface area contributed by atoms with Crippen molar-refractivity contribution >= 4 is 65.0 Å². The van der Waals surface area contributed by atoms with Gasteiger partial charge < -0.3 is 14.8 Å². The summed E-state index contributed by atoms with van der Waals surface area (Å²) in [5.41, 5.74) is 3.91. The van der Waals surface area contributed by atoms with Crippen LogP contribution in [0, 0.1) is 5.82 Å². The van der Waals surface area contributed by atoms with E-state index in [4.69, 9.17) is 14.5 Å². The predicted molar refractivity (Wildman–Crippen MR) is 183 cm³/mol. The second-order valence-corrected chi connectivity index (χ2v) is 12.9. The maximum absolute atomic E-state index is 13.5. The fourth-order valence-electron chi connectivity index (χ4n) is 4.63. The first-order valence-electron chi connectivity index (χ1n) is 14.4. The third-order valence-electron chi connectivity index (χ3n) is 6.94. The van der Waals surface area contributed by atoms with Gasteiger partial charge in [-0.3, -0.25) is 9.97 Å². The van der Waals surface area contributed by atoms with Gasteiger partial charge in [-0.25, -0.2) is 19.3 Å². The van der Waals surface area contributed by atoms with E-state index in [1.807, 2.05) is 36.6 Å². The van der Waals surface area contributed by atoms with Crippen LogP contribution in [0.5, 0.6) is 5.75 Å². The van der Waals surface area contributed by atoms with Crippen molar-refractivity contribution in [1.29, 1.82) is 0 Å². The van der Waals surface area contributed by atoms with Crippen LogP contribution >= 0.6 is 27.3 Å². The Morgan fingerprint density at radius 1 is 1.02 bits per heavy atom. The van der Waals surface area contributed by atoms with Crippen LogP contribution in [0.1, 0.15) is 35.7 Å². The van der Waals surface area contributed by atoms with Crippen molar-refractivity contribution in [1.82, 2.24) is 24.9 Å². The standard InChI is InChI=1S/C33H26BrFN6O4S2/c1-2-29(45-31(47(42)43)14-22-8-3-4-11-36-22)33-41-28(18-46-33)26-15-24-27(16-37-26)38-19-39-32(24)40-23-9-10-30(25(34)13-23)44-17-20-6-5-7-21(35)12-20/h3-13,15-16,18-19,29H,2,14,17H2,1H3,(H,38,39,40). The molecule has 0 bridgehead atoms. The average Bonchev–Trinajstić information content (AvgIpc) is 3.57. The maximum atomic E-state index is 13.5. The van der Waals surface area contributed by atoms with E-state index in [0.29, 0.717) is 50.1 Å². The zero-order valence-corrected chi connectivity index (χ0v) is 28.0. The Morgan fingerprint density at radius 2 is 1.91 bits per heavy atom. The fraction of sp³-hybridized carbons (Fsp3) is 0.152. The van der Waals surface area contributed by atoms with Gasteiger partial charge in [0.15, 0.2) is 5.05 Å². The molecule has 1 unspecified atom stereocenters. The highest BCUT2D eigenvalue weighted by atomic mass is 79.9. The van der Waals surface area contributed by atoms with E-state index in [0.717, 1.165) is 16.6 Å². The average molecular weight is 734 g/mol. The minimum Gasteiger partial charge on any atom is -0.488 e. The molecule has 6 aromatic rings. The van der Waals surface area contributed by atoms with Crippen molar-refractivity contribution in [2.24, 2.45) is 0 Å². The van der Waals surface area contributed by atoms with Gasteiger partial charge in [0.25, 0.3) is 0 Å². The molecular formula is C33H26BrFN6O4S2. The number of halogens is 2. The third-order valence-corrected chi connectivity index (χ3v) is 9.11. The number of ether oxygens (including phenoxy) is 2. The summed E-state index contributed by atoms with van der Waals surface area (Å²) in [5, 5.41) is 6.46. The van der Waals surface area contributed by atoms with Gasteiger partial charge >= 0.3 is 0 Å². The lowest BCUT2D eigenvalue weighted by Crippen LogP contribution is -2.15. The number of anilines is 2. The number of hydrogen-bond acceptors (Lipinski definition) is 11. The molecule has 4 aromatic heterocycles. The van der Waals surface area contributed by atoms with Crippen molar-refractivity contribution < 1.29 is 22.3 Å². The first-order valence-corrected chi connectivity index (χ1v) is 17.1. The molecule has 47 heavy (non-hydrogen) atoms. The molecule has 0 aliphatic carbocycles. The molecule has 1 N–H and O–H groups in total. The molecule has 6 rings (SSSR count). The van der Waals surface area contributed by atoms with E-state index < -0.39 is 16.4 Å². The quantitative estimate of drug-likeness (QED) is 0.134. The summed E-state index contributed by atoms with van der Waals surface area (Å²) in [7, 11) is -2.55. The number of nitrogens with zero attached hydrogens (tertiary/aromatic N) is 5. The number of nitrogens with one attached hydrogen (secondary N) is 1. The number of aromatic nitrogens is 5. The highest BCUT2D eigenvalue weighted by Crippen LogP contribution is 2.33. The largest absolute Gasteiger partial charge is 0.488 e. The van der Waals surface area contributed by atoms with Gasteiger partial charge in [0.05, 0.1) is 34.0 Å².